The molecule has 1 saturated heterocycles. The zero-order valence-electron chi connectivity index (χ0n) is 8.14. The number of unbranched alkanes of at least 4 members (excludes halogenated alkanes) is 1. The molecule has 0 spiro atoms. The highest BCUT2D eigenvalue weighted by Gasteiger charge is 2.33. The molecule has 1 aliphatic heterocycles. The number of allylic oxidation sites excluding steroid dienone is 1. The third kappa shape index (κ3) is 2.18. The molecule has 5 heteroatoms. The summed E-state index contributed by atoms with van der Waals surface area (Å²) < 4.78 is 0. The second kappa shape index (κ2) is 4.55. The Labute approximate surface area is 82.7 Å². The van der Waals surface area contributed by atoms with E-state index < -0.39 is 0 Å². The number of hydrogen-bond acceptors (Lipinski definition) is 3. The summed E-state index contributed by atoms with van der Waals surface area (Å²) in [5, 5.41) is 4.68. The van der Waals surface area contributed by atoms with Gasteiger partial charge in [-0.3, -0.25) is 4.79 Å². The van der Waals surface area contributed by atoms with Crippen molar-refractivity contribution in [3.63, 3.8) is 0 Å². The Balaban J connectivity index is 2.51. The minimum Gasteiger partial charge on any atom is -0.316 e. The van der Waals surface area contributed by atoms with Crippen molar-refractivity contribution in [2.75, 3.05) is 13.6 Å². The molecule has 0 aromatic carbocycles. The number of imide groups is 1. The fraction of sp³-hybridized carbons (Fsp3) is 0.444. The van der Waals surface area contributed by atoms with Gasteiger partial charge in [0.1, 0.15) is 6.54 Å². The highest BCUT2D eigenvalue weighted by atomic mass is 16.2. The first kappa shape index (κ1) is 10.4. The van der Waals surface area contributed by atoms with Crippen molar-refractivity contribution in [2.24, 2.45) is 5.10 Å². The van der Waals surface area contributed by atoms with E-state index in [1.54, 1.807) is 19.3 Å². The molecule has 0 radical (unpaired) electrons. The Kier molecular flexibility index (Phi) is 3.39. The van der Waals surface area contributed by atoms with E-state index in [9.17, 15) is 9.59 Å². The van der Waals surface area contributed by atoms with Crippen LogP contribution in [0.3, 0.4) is 0 Å². The number of carbonyl (C=O) groups is 2. The summed E-state index contributed by atoms with van der Waals surface area (Å²) in [4.78, 5) is 23.8. The average Bonchev–Trinajstić information content (AvgIpc) is 2.38. The van der Waals surface area contributed by atoms with Crippen LogP contribution in [0.1, 0.15) is 12.8 Å². The quantitative estimate of drug-likeness (QED) is 0.289. The molecule has 0 bridgehead atoms. The predicted octanol–water partition coefficient (Wildman–Crippen LogP) is 0.832. The van der Waals surface area contributed by atoms with Crippen molar-refractivity contribution in [3.8, 4) is 0 Å². The molecule has 0 aromatic rings. The molecule has 5 nitrogen and oxygen atoms in total. The van der Waals surface area contributed by atoms with Crippen LogP contribution in [-0.4, -0.2) is 41.7 Å². The second-order valence-corrected chi connectivity index (χ2v) is 3.01. The maximum atomic E-state index is 11.3. The molecule has 0 aliphatic carbocycles. The highest BCUT2D eigenvalue weighted by Crippen LogP contribution is 2.07. The van der Waals surface area contributed by atoms with Gasteiger partial charge in [-0.2, -0.15) is 5.10 Å². The second-order valence-electron chi connectivity index (χ2n) is 3.01. The molecule has 14 heavy (non-hydrogen) atoms. The van der Waals surface area contributed by atoms with Gasteiger partial charge < -0.3 is 4.90 Å². The normalized spacial score (nSPS) is 17.2. The average molecular weight is 195 g/mol. The summed E-state index contributed by atoms with van der Waals surface area (Å²) in [6.07, 6.45) is 4.78. The van der Waals surface area contributed by atoms with Gasteiger partial charge in [-0.1, -0.05) is 6.08 Å². The van der Waals surface area contributed by atoms with E-state index in [2.05, 4.69) is 11.7 Å². The smallest absolute Gasteiger partial charge is 0.316 e. The molecule has 1 heterocycles. The fourth-order valence-electron chi connectivity index (χ4n) is 1.05. The van der Waals surface area contributed by atoms with Crippen molar-refractivity contribution in [1.29, 1.82) is 0 Å². The Bertz CT molecular complexity index is 286. The third-order valence-electron chi connectivity index (χ3n) is 1.81. The maximum Gasteiger partial charge on any atom is 0.348 e. The van der Waals surface area contributed by atoms with Gasteiger partial charge in [0.15, 0.2) is 0 Å². The first-order chi connectivity index (χ1) is 6.66. The van der Waals surface area contributed by atoms with E-state index in [1.165, 1.54) is 4.90 Å². The van der Waals surface area contributed by atoms with Gasteiger partial charge in [-0.25, -0.2) is 4.79 Å². The molecule has 1 rings (SSSR count). The van der Waals surface area contributed by atoms with Crippen LogP contribution in [0.25, 0.3) is 0 Å². The van der Waals surface area contributed by atoms with Crippen LogP contribution in [0.4, 0.5) is 4.79 Å². The van der Waals surface area contributed by atoms with E-state index in [-0.39, 0.29) is 18.5 Å². The highest BCUT2D eigenvalue weighted by molar-refractivity contribution is 6.01. The summed E-state index contributed by atoms with van der Waals surface area (Å²) in [7, 11) is 1.57. The number of urea groups is 1. The van der Waals surface area contributed by atoms with E-state index in [0.717, 1.165) is 11.4 Å². The van der Waals surface area contributed by atoms with E-state index >= 15 is 0 Å². The van der Waals surface area contributed by atoms with Crippen molar-refractivity contribution in [2.45, 2.75) is 12.8 Å². The lowest BCUT2D eigenvalue weighted by Gasteiger charge is -2.06. The first-order valence-corrected chi connectivity index (χ1v) is 4.38. The lowest BCUT2D eigenvalue weighted by molar-refractivity contribution is -0.125. The summed E-state index contributed by atoms with van der Waals surface area (Å²) in [6.45, 7) is 3.66. The van der Waals surface area contributed by atoms with Crippen LogP contribution >= 0.6 is 0 Å². The van der Waals surface area contributed by atoms with E-state index in [0.29, 0.717) is 6.42 Å². The summed E-state index contributed by atoms with van der Waals surface area (Å²) >= 11 is 0. The van der Waals surface area contributed by atoms with Crippen molar-refractivity contribution >= 4 is 18.2 Å². The fourth-order valence-corrected chi connectivity index (χ4v) is 1.05. The summed E-state index contributed by atoms with van der Waals surface area (Å²) in [5.74, 6) is -0.285. The van der Waals surface area contributed by atoms with Gasteiger partial charge in [0, 0.05) is 13.3 Å². The molecule has 0 aromatic heterocycles. The van der Waals surface area contributed by atoms with Crippen LogP contribution in [0.5, 0.6) is 0 Å². The largest absolute Gasteiger partial charge is 0.348 e. The first-order valence-electron chi connectivity index (χ1n) is 4.38. The minimum atomic E-state index is -0.371. The SMILES string of the molecule is C=CCC/C=N/N1C(=O)CN(C)C1=O. The number of carbonyl (C=O) groups excluding carboxylic acids is 2. The van der Waals surface area contributed by atoms with Crippen molar-refractivity contribution in [3.05, 3.63) is 12.7 Å². The van der Waals surface area contributed by atoms with Crippen LogP contribution in [0, 0.1) is 0 Å². The number of rotatable bonds is 4. The Morgan fingerprint density at radius 3 is 2.71 bits per heavy atom. The number of hydrogen-bond donors (Lipinski definition) is 0. The topological polar surface area (TPSA) is 53.0 Å². The molecule has 1 aliphatic rings. The molecule has 76 valence electrons. The molecule has 0 unspecified atom stereocenters. The predicted molar refractivity (Wildman–Crippen MR) is 52.8 cm³/mol. The number of nitrogens with zero attached hydrogens (tertiary/aromatic N) is 3. The zero-order chi connectivity index (χ0) is 10.6. The number of hydrazone groups is 1. The van der Waals surface area contributed by atoms with Crippen LogP contribution < -0.4 is 0 Å². The maximum absolute atomic E-state index is 11.3. The van der Waals surface area contributed by atoms with Gasteiger partial charge in [0.05, 0.1) is 0 Å². The number of amides is 3. The van der Waals surface area contributed by atoms with Crippen molar-refractivity contribution in [1.82, 2.24) is 9.91 Å². The molecule has 3 amide bonds. The van der Waals surface area contributed by atoms with Crippen LogP contribution in [0.2, 0.25) is 0 Å². The molecule has 0 N–H and O–H groups in total. The van der Waals surface area contributed by atoms with Gasteiger partial charge in [0.25, 0.3) is 5.91 Å². The summed E-state index contributed by atoms with van der Waals surface area (Å²) in [5.41, 5.74) is 0. The minimum absolute atomic E-state index is 0.109. The van der Waals surface area contributed by atoms with Crippen LogP contribution in [0.15, 0.2) is 17.8 Å². The molecule has 0 atom stereocenters. The lowest BCUT2D eigenvalue weighted by atomic mass is 10.3. The Morgan fingerprint density at radius 2 is 2.21 bits per heavy atom. The number of likely N-dealkylation sites (N-methyl/N-ethyl adjacent to an activating group) is 1. The van der Waals surface area contributed by atoms with Gasteiger partial charge in [0.2, 0.25) is 0 Å². The molecular formula is C9H13N3O2. The molecule has 0 saturated carbocycles. The van der Waals surface area contributed by atoms with Gasteiger partial charge >= 0.3 is 6.03 Å². The van der Waals surface area contributed by atoms with Crippen LogP contribution in [-0.2, 0) is 4.79 Å². The Hall–Kier alpha value is -1.65. The van der Waals surface area contributed by atoms with E-state index in [4.69, 9.17) is 0 Å². The zero-order valence-corrected chi connectivity index (χ0v) is 8.14. The standard InChI is InChI=1S/C9H13N3O2/c1-3-4-5-6-10-12-8(13)7-11(2)9(12)14/h3,6H,1,4-5,7H2,2H3/b10-6+. The van der Waals surface area contributed by atoms with Gasteiger partial charge in [-0.05, 0) is 12.8 Å². The molecular weight excluding hydrogens is 182 g/mol. The third-order valence-corrected chi connectivity index (χ3v) is 1.81. The van der Waals surface area contributed by atoms with Gasteiger partial charge in [-0.15, -0.1) is 11.6 Å². The summed E-state index contributed by atoms with van der Waals surface area (Å²) in [6, 6.07) is -0.371. The Morgan fingerprint density at radius 1 is 1.50 bits per heavy atom. The monoisotopic (exact) mass is 195 g/mol. The van der Waals surface area contributed by atoms with E-state index in [1.807, 2.05) is 0 Å². The molecule has 1 fully saturated rings. The lowest BCUT2D eigenvalue weighted by Crippen LogP contribution is -2.26. The van der Waals surface area contributed by atoms with Crippen molar-refractivity contribution < 1.29 is 9.59 Å².